The molecule has 0 aromatic rings. The largest absolute Gasteiger partial charge is 0.454 e. The molecule has 0 saturated carbocycles. The van der Waals surface area contributed by atoms with Gasteiger partial charge in [0.05, 0.1) is 25.4 Å². The number of ether oxygens (including phenoxy) is 3. The van der Waals surface area contributed by atoms with Gasteiger partial charge in [-0.25, -0.2) is 0 Å². The summed E-state index contributed by atoms with van der Waals surface area (Å²) in [5.41, 5.74) is 0. The van der Waals surface area contributed by atoms with Gasteiger partial charge in [0.2, 0.25) is 5.91 Å². The van der Waals surface area contributed by atoms with E-state index in [0.717, 1.165) is 116 Å². The van der Waals surface area contributed by atoms with Gasteiger partial charge in [0.15, 0.2) is 12.4 Å². The standard InChI is InChI=1S/C63H111NO10/c1-4-7-10-13-16-19-22-24-25-26-27-28-29-30-31-32-33-36-38-41-44-47-50-56(67)62(71)64-54(55(66)49-46-43-40-37-35-23-20-17-14-11-8-5-2)53-72-63-61(60(70)59(69)57(52-65)73-63)74-58(68)51-48-45-42-39-34-21-18-15-12-9-6-3/h15-16,18-19,24-25,27-28,30-31,46,49,54-57,59-61,63,65-67,69-70H,4-14,17,20-23,26,29,32-45,47-48,50-53H2,1-3H3,(H,64,71)/b18-15-,19-16-,25-24-,28-27-,31-30-,49-46+. The Morgan fingerprint density at radius 3 is 1.47 bits per heavy atom. The van der Waals surface area contributed by atoms with Gasteiger partial charge in [-0.2, -0.15) is 0 Å². The van der Waals surface area contributed by atoms with Crippen molar-refractivity contribution >= 4 is 11.9 Å². The lowest BCUT2D eigenvalue weighted by Crippen LogP contribution is -2.61. The van der Waals surface area contributed by atoms with Crippen LogP contribution >= 0.6 is 0 Å². The molecule has 11 heteroatoms. The van der Waals surface area contributed by atoms with Gasteiger partial charge in [-0.15, -0.1) is 0 Å². The number of allylic oxidation sites excluding steroid dienone is 11. The Kier molecular flexibility index (Phi) is 47.5. The highest BCUT2D eigenvalue weighted by Gasteiger charge is 2.47. The molecule has 1 aliphatic heterocycles. The van der Waals surface area contributed by atoms with Crippen LogP contribution in [-0.2, 0) is 23.8 Å². The molecule has 8 atom stereocenters. The Morgan fingerprint density at radius 2 is 0.946 bits per heavy atom. The van der Waals surface area contributed by atoms with E-state index < -0.39 is 67.4 Å². The second-order valence-electron chi connectivity index (χ2n) is 20.7. The molecule has 1 aliphatic rings. The lowest BCUT2D eigenvalue weighted by atomic mass is 9.99. The van der Waals surface area contributed by atoms with Crippen molar-refractivity contribution in [1.82, 2.24) is 5.32 Å². The molecule has 1 rings (SSSR count). The topological polar surface area (TPSA) is 175 Å². The molecule has 1 fully saturated rings. The summed E-state index contributed by atoms with van der Waals surface area (Å²) in [5.74, 6) is -1.22. The van der Waals surface area contributed by atoms with Crippen LogP contribution in [-0.4, -0.2) is 99.6 Å². The molecule has 0 aromatic heterocycles. The molecule has 0 aromatic carbocycles. The molecule has 428 valence electrons. The third-order valence-corrected chi connectivity index (χ3v) is 13.8. The van der Waals surface area contributed by atoms with Crippen molar-refractivity contribution in [2.45, 2.75) is 301 Å². The normalized spacial score (nSPS) is 19.8. The van der Waals surface area contributed by atoms with Crippen LogP contribution in [0.4, 0.5) is 0 Å². The minimum absolute atomic E-state index is 0.109. The van der Waals surface area contributed by atoms with E-state index in [1.54, 1.807) is 6.08 Å². The second kappa shape index (κ2) is 50.9. The van der Waals surface area contributed by atoms with Gasteiger partial charge in [0.1, 0.15) is 24.4 Å². The zero-order chi connectivity index (χ0) is 54.0. The van der Waals surface area contributed by atoms with E-state index in [2.05, 4.69) is 86.8 Å². The minimum atomic E-state index is -1.62. The molecule has 74 heavy (non-hydrogen) atoms. The molecular formula is C63H111NO10. The third-order valence-electron chi connectivity index (χ3n) is 13.8. The fourth-order valence-corrected chi connectivity index (χ4v) is 8.97. The Labute approximate surface area is 451 Å². The number of unbranched alkanes of at least 4 members (excludes halogenated alkanes) is 26. The van der Waals surface area contributed by atoms with Crippen LogP contribution in [0.3, 0.4) is 0 Å². The smallest absolute Gasteiger partial charge is 0.306 e. The number of carbonyl (C=O) groups is 2. The number of nitrogens with one attached hydrogen (secondary N) is 1. The number of carbonyl (C=O) groups excluding carboxylic acids is 2. The lowest BCUT2D eigenvalue weighted by molar-refractivity contribution is -0.305. The maximum absolute atomic E-state index is 13.4. The van der Waals surface area contributed by atoms with Gasteiger partial charge in [0, 0.05) is 6.42 Å². The van der Waals surface area contributed by atoms with Crippen LogP contribution < -0.4 is 5.32 Å². The summed E-state index contributed by atoms with van der Waals surface area (Å²) < 4.78 is 17.5. The number of esters is 1. The average Bonchev–Trinajstić information content (AvgIpc) is 3.40. The van der Waals surface area contributed by atoms with Crippen LogP contribution in [0.5, 0.6) is 0 Å². The summed E-state index contributed by atoms with van der Waals surface area (Å²) in [6, 6.07) is -1.03. The van der Waals surface area contributed by atoms with Crippen LogP contribution in [0.2, 0.25) is 0 Å². The van der Waals surface area contributed by atoms with Crippen LogP contribution in [0.25, 0.3) is 0 Å². The highest BCUT2D eigenvalue weighted by atomic mass is 16.7. The molecule has 0 radical (unpaired) electrons. The predicted molar refractivity (Wildman–Crippen MR) is 306 cm³/mol. The first-order chi connectivity index (χ1) is 36.2. The van der Waals surface area contributed by atoms with E-state index in [1.165, 1.54) is 89.9 Å². The average molecular weight is 1040 g/mol. The quantitative estimate of drug-likeness (QED) is 0.0195. The predicted octanol–water partition coefficient (Wildman–Crippen LogP) is 14.0. The fourth-order valence-electron chi connectivity index (χ4n) is 8.97. The van der Waals surface area contributed by atoms with Gasteiger partial charge in [-0.05, 0) is 89.9 Å². The molecule has 11 nitrogen and oxygen atoms in total. The van der Waals surface area contributed by atoms with E-state index in [1.807, 2.05) is 6.08 Å². The molecule has 8 unspecified atom stereocenters. The molecular weight excluding hydrogens is 931 g/mol. The molecule has 1 saturated heterocycles. The third kappa shape index (κ3) is 38.6. The number of aliphatic hydroxyl groups is 5. The molecule has 0 spiro atoms. The van der Waals surface area contributed by atoms with E-state index in [-0.39, 0.29) is 19.4 Å². The maximum atomic E-state index is 13.4. The van der Waals surface area contributed by atoms with Gasteiger partial charge in [-0.1, -0.05) is 229 Å². The van der Waals surface area contributed by atoms with Crippen molar-refractivity contribution in [3.63, 3.8) is 0 Å². The highest BCUT2D eigenvalue weighted by molar-refractivity contribution is 5.80. The fraction of sp³-hybridized carbons (Fsp3) is 0.778. The SMILES string of the molecule is CCCC/C=C\CCCCCCCC(=O)OC1C(OCC(NC(=O)C(O)CCCCCCCC/C=C\C/C=C\C/C=C\C/C=C\CCCCC)C(O)/C=C/CCCCCCCCCCCC)OC(CO)C(O)C1O. The number of aliphatic hydroxyl groups excluding tert-OH is 5. The second-order valence-corrected chi connectivity index (χ2v) is 20.7. The van der Waals surface area contributed by atoms with Crippen LogP contribution in [0.15, 0.2) is 72.9 Å². The highest BCUT2D eigenvalue weighted by Crippen LogP contribution is 2.26. The van der Waals surface area contributed by atoms with Crippen molar-refractivity contribution in [2.24, 2.45) is 0 Å². The first-order valence-corrected chi connectivity index (χ1v) is 30.2. The summed E-state index contributed by atoms with van der Waals surface area (Å²) in [4.78, 5) is 26.4. The van der Waals surface area contributed by atoms with E-state index in [0.29, 0.717) is 12.8 Å². The zero-order valence-corrected chi connectivity index (χ0v) is 47.2. The molecule has 1 heterocycles. The van der Waals surface area contributed by atoms with Crippen LogP contribution in [0.1, 0.15) is 252 Å². The molecule has 0 bridgehead atoms. The summed E-state index contributed by atoms with van der Waals surface area (Å²) in [6.45, 7) is 5.69. The summed E-state index contributed by atoms with van der Waals surface area (Å²) in [6.07, 6.45) is 53.7. The minimum Gasteiger partial charge on any atom is -0.454 e. The van der Waals surface area contributed by atoms with E-state index in [4.69, 9.17) is 14.2 Å². The summed E-state index contributed by atoms with van der Waals surface area (Å²) in [7, 11) is 0. The first kappa shape index (κ1) is 69.1. The number of hydrogen-bond donors (Lipinski definition) is 6. The Hall–Kier alpha value is -2.90. The molecule has 6 N–H and O–H groups in total. The Morgan fingerprint density at radius 1 is 0.527 bits per heavy atom. The Balaban J connectivity index is 2.68. The maximum Gasteiger partial charge on any atom is 0.306 e. The molecule has 0 aliphatic carbocycles. The lowest BCUT2D eigenvalue weighted by Gasteiger charge is -2.41. The van der Waals surface area contributed by atoms with Crippen molar-refractivity contribution < 1.29 is 49.3 Å². The van der Waals surface area contributed by atoms with Gasteiger partial charge in [0.25, 0.3) is 0 Å². The van der Waals surface area contributed by atoms with Crippen molar-refractivity contribution in [2.75, 3.05) is 13.2 Å². The van der Waals surface area contributed by atoms with Crippen molar-refractivity contribution in [3.8, 4) is 0 Å². The zero-order valence-electron chi connectivity index (χ0n) is 47.2. The number of amides is 1. The first-order valence-electron chi connectivity index (χ1n) is 30.2. The summed E-state index contributed by atoms with van der Waals surface area (Å²) >= 11 is 0. The van der Waals surface area contributed by atoms with Gasteiger partial charge < -0.3 is 45.1 Å². The van der Waals surface area contributed by atoms with E-state index >= 15 is 0 Å². The van der Waals surface area contributed by atoms with Crippen LogP contribution in [0, 0.1) is 0 Å². The van der Waals surface area contributed by atoms with E-state index in [9.17, 15) is 35.1 Å². The van der Waals surface area contributed by atoms with Crippen molar-refractivity contribution in [3.05, 3.63) is 72.9 Å². The molecule has 1 amide bonds. The summed E-state index contributed by atoms with van der Waals surface area (Å²) in [5, 5.41) is 56.8. The van der Waals surface area contributed by atoms with Crippen molar-refractivity contribution in [1.29, 1.82) is 0 Å². The number of rotatable bonds is 50. The van der Waals surface area contributed by atoms with Gasteiger partial charge >= 0.3 is 5.97 Å². The van der Waals surface area contributed by atoms with Gasteiger partial charge in [-0.3, -0.25) is 9.59 Å². The monoisotopic (exact) mass is 1040 g/mol. The Bertz CT molecular complexity index is 1480. The number of hydrogen-bond acceptors (Lipinski definition) is 10.